The average molecular weight is 340 g/mol. The maximum atomic E-state index is 12.7. The summed E-state index contributed by atoms with van der Waals surface area (Å²) in [6.07, 6.45) is 1.07. The molecule has 1 aromatic carbocycles. The van der Waals surface area contributed by atoms with E-state index in [1.54, 1.807) is 25.1 Å². The number of nitrogens with zero attached hydrogens (tertiary/aromatic N) is 2. The number of para-hydroxylation sites is 2. The Bertz CT molecular complexity index is 888. The minimum atomic E-state index is -0.226. The first kappa shape index (κ1) is 16.9. The van der Waals surface area contributed by atoms with E-state index in [0.717, 1.165) is 0 Å². The highest BCUT2D eigenvalue weighted by Crippen LogP contribution is 2.29. The predicted molar refractivity (Wildman–Crippen MR) is 94.7 cm³/mol. The van der Waals surface area contributed by atoms with Gasteiger partial charge in [-0.25, -0.2) is 4.98 Å². The van der Waals surface area contributed by atoms with Crippen molar-refractivity contribution in [2.24, 2.45) is 0 Å². The molecule has 0 spiro atoms. The molecule has 0 bridgehead atoms. The molecule has 0 aliphatic carbocycles. The molecule has 25 heavy (non-hydrogen) atoms. The van der Waals surface area contributed by atoms with Gasteiger partial charge < -0.3 is 15.2 Å². The topological polar surface area (TPSA) is 95.2 Å². The number of amides is 2. The van der Waals surface area contributed by atoms with Gasteiger partial charge in [0.2, 0.25) is 11.8 Å². The summed E-state index contributed by atoms with van der Waals surface area (Å²) in [6, 6.07) is 7.18. The van der Waals surface area contributed by atoms with E-state index in [9.17, 15) is 14.4 Å². The van der Waals surface area contributed by atoms with Crippen LogP contribution in [-0.4, -0.2) is 28.3 Å². The Hall–Kier alpha value is -2.96. The molecule has 0 saturated carbocycles. The van der Waals surface area contributed by atoms with E-state index in [1.807, 2.05) is 13.0 Å². The number of aryl methyl sites for hydroxylation is 2. The molecule has 0 saturated heterocycles. The third kappa shape index (κ3) is 3.45. The zero-order valence-electron chi connectivity index (χ0n) is 14.3. The van der Waals surface area contributed by atoms with Crippen LogP contribution in [0.2, 0.25) is 0 Å². The molecule has 1 aliphatic heterocycles. The number of rotatable bonds is 4. The number of fused-ring (bicyclic) bond motifs is 1. The lowest BCUT2D eigenvalue weighted by Gasteiger charge is -2.29. The highest BCUT2D eigenvalue weighted by Gasteiger charge is 2.26. The summed E-state index contributed by atoms with van der Waals surface area (Å²) in [5.74, 6) is 0.152. The van der Waals surface area contributed by atoms with Crippen molar-refractivity contribution in [1.29, 1.82) is 0 Å². The maximum Gasteiger partial charge on any atom is 0.254 e. The normalized spacial score (nSPS) is 13.4. The van der Waals surface area contributed by atoms with Crippen LogP contribution in [0.4, 0.5) is 11.4 Å². The molecule has 130 valence electrons. The second-order valence-electron chi connectivity index (χ2n) is 5.98. The molecule has 2 N–H and O–H groups in total. The monoisotopic (exact) mass is 340 g/mol. The summed E-state index contributed by atoms with van der Waals surface area (Å²) in [4.78, 5) is 45.2. The molecule has 0 atom stereocenters. The van der Waals surface area contributed by atoms with Crippen molar-refractivity contribution in [2.75, 3.05) is 16.8 Å². The minimum Gasteiger partial charge on any atom is -0.323 e. The van der Waals surface area contributed by atoms with Gasteiger partial charge in [-0.3, -0.25) is 14.4 Å². The molecular formula is C18H20N4O3. The van der Waals surface area contributed by atoms with Crippen LogP contribution in [0.3, 0.4) is 0 Å². The van der Waals surface area contributed by atoms with Gasteiger partial charge >= 0.3 is 0 Å². The van der Waals surface area contributed by atoms with Crippen LogP contribution in [0, 0.1) is 6.92 Å². The Morgan fingerprint density at radius 2 is 2.04 bits per heavy atom. The number of aromatic nitrogens is 2. The summed E-state index contributed by atoms with van der Waals surface area (Å²) in [5, 5.41) is 2.75. The highest BCUT2D eigenvalue weighted by molar-refractivity contribution is 6.09. The van der Waals surface area contributed by atoms with E-state index >= 15 is 0 Å². The first-order chi connectivity index (χ1) is 12.0. The number of carbonyl (C=O) groups is 2. The highest BCUT2D eigenvalue weighted by atomic mass is 16.2. The first-order valence-corrected chi connectivity index (χ1v) is 8.27. The Morgan fingerprint density at radius 3 is 2.80 bits per heavy atom. The summed E-state index contributed by atoms with van der Waals surface area (Å²) in [6.45, 7) is 3.65. The number of aromatic amines is 1. The molecule has 2 amide bonds. The molecule has 2 aromatic rings. The molecule has 7 nitrogen and oxygen atoms in total. The van der Waals surface area contributed by atoms with Crippen LogP contribution in [0.25, 0.3) is 0 Å². The van der Waals surface area contributed by atoms with Crippen LogP contribution in [-0.2, 0) is 22.4 Å². The van der Waals surface area contributed by atoms with Crippen LogP contribution >= 0.6 is 0 Å². The zero-order valence-corrected chi connectivity index (χ0v) is 14.3. The van der Waals surface area contributed by atoms with Gasteiger partial charge in [-0.15, -0.1) is 0 Å². The van der Waals surface area contributed by atoms with E-state index in [1.165, 1.54) is 4.90 Å². The molecule has 1 aromatic heterocycles. The van der Waals surface area contributed by atoms with Gasteiger partial charge in [0.05, 0.1) is 17.1 Å². The van der Waals surface area contributed by atoms with Gasteiger partial charge in [-0.2, -0.15) is 0 Å². The summed E-state index contributed by atoms with van der Waals surface area (Å²) in [5.41, 5.74) is 2.35. The van der Waals surface area contributed by atoms with Crippen molar-refractivity contribution in [1.82, 2.24) is 9.97 Å². The predicted octanol–water partition coefficient (Wildman–Crippen LogP) is 1.56. The fourth-order valence-electron chi connectivity index (χ4n) is 3.04. The summed E-state index contributed by atoms with van der Waals surface area (Å²) >= 11 is 0. The Labute approximate surface area is 145 Å². The summed E-state index contributed by atoms with van der Waals surface area (Å²) < 4.78 is 0. The van der Waals surface area contributed by atoms with E-state index in [-0.39, 0.29) is 30.3 Å². The van der Waals surface area contributed by atoms with Crippen LogP contribution in [0.5, 0.6) is 0 Å². The van der Waals surface area contributed by atoms with Crippen molar-refractivity contribution >= 4 is 23.2 Å². The van der Waals surface area contributed by atoms with Crippen molar-refractivity contribution in [3.63, 3.8) is 0 Å². The molecule has 3 rings (SSSR count). The van der Waals surface area contributed by atoms with E-state index in [4.69, 9.17) is 0 Å². The fourth-order valence-corrected chi connectivity index (χ4v) is 3.04. The fraction of sp³-hybridized carbons (Fsp3) is 0.333. The maximum absolute atomic E-state index is 12.7. The number of hydrogen-bond donors (Lipinski definition) is 2. The number of hydrogen-bond acceptors (Lipinski definition) is 4. The molecule has 0 radical (unpaired) electrons. The minimum absolute atomic E-state index is 0.0149. The zero-order chi connectivity index (χ0) is 18.0. The lowest BCUT2D eigenvalue weighted by Crippen LogP contribution is -2.42. The summed E-state index contributed by atoms with van der Waals surface area (Å²) in [7, 11) is 0. The number of anilines is 2. The smallest absolute Gasteiger partial charge is 0.254 e. The Balaban J connectivity index is 1.80. The second kappa shape index (κ2) is 6.88. The van der Waals surface area contributed by atoms with E-state index in [2.05, 4.69) is 15.3 Å². The SMILES string of the molecule is CCc1nc(C)[nH]c(=O)c1CCC(=O)N1CC(=O)Nc2ccccc21. The van der Waals surface area contributed by atoms with Crippen LogP contribution < -0.4 is 15.8 Å². The lowest BCUT2D eigenvalue weighted by atomic mass is 10.1. The largest absolute Gasteiger partial charge is 0.323 e. The number of benzene rings is 1. The third-order valence-corrected chi connectivity index (χ3v) is 4.21. The average Bonchev–Trinajstić information content (AvgIpc) is 2.59. The number of H-pyrrole nitrogens is 1. The van der Waals surface area contributed by atoms with Crippen molar-refractivity contribution in [3.05, 3.63) is 51.7 Å². The number of carbonyl (C=O) groups excluding carboxylic acids is 2. The van der Waals surface area contributed by atoms with Crippen LogP contribution in [0.15, 0.2) is 29.1 Å². The van der Waals surface area contributed by atoms with Gasteiger partial charge in [0.15, 0.2) is 0 Å². The molecule has 0 unspecified atom stereocenters. The molecule has 2 heterocycles. The molecule has 0 fully saturated rings. The van der Waals surface area contributed by atoms with Gasteiger partial charge in [0.25, 0.3) is 5.56 Å². The van der Waals surface area contributed by atoms with Crippen molar-refractivity contribution in [2.45, 2.75) is 33.1 Å². The lowest BCUT2D eigenvalue weighted by molar-refractivity contribution is -0.121. The molecular weight excluding hydrogens is 320 g/mol. The molecule has 1 aliphatic rings. The van der Waals surface area contributed by atoms with E-state index in [0.29, 0.717) is 41.3 Å². The second-order valence-corrected chi connectivity index (χ2v) is 5.98. The van der Waals surface area contributed by atoms with Crippen molar-refractivity contribution < 1.29 is 9.59 Å². The number of nitrogens with one attached hydrogen (secondary N) is 2. The quantitative estimate of drug-likeness (QED) is 0.883. The van der Waals surface area contributed by atoms with Crippen molar-refractivity contribution in [3.8, 4) is 0 Å². The van der Waals surface area contributed by atoms with Gasteiger partial charge in [-0.05, 0) is 31.9 Å². The van der Waals surface area contributed by atoms with E-state index < -0.39 is 0 Å². The van der Waals surface area contributed by atoms with Gasteiger partial charge in [0.1, 0.15) is 12.4 Å². The van der Waals surface area contributed by atoms with Gasteiger partial charge in [-0.1, -0.05) is 19.1 Å². The van der Waals surface area contributed by atoms with Gasteiger partial charge in [0, 0.05) is 12.0 Å². The third-order valence-electron chi connectivity index (χ3n) is 4.21. The standard InChI is InChI=1S/C18H20N4O3/c1-3-13-12(18(25)20-11(2)19-13)8-9-17(24)22-10-16(23)21-14-6-4-5-7-15(14)22/h4-7H,3,8-10H2,1-2H3,(H,21,23)(H,19,20,25). The molecule has 7 heteroatoms. The van der Waals surface area contributed by atoms with Crippen LogP contribution in [0.1, 0.15) is 30.4 Å². The Morgan fingerprint density at radius 1 is 1.28 bits per heavy atom. The first-order valence-electron chi connectivity index (χ1n) is 8.27. The Kier molecular flexibility index (Phi) is 4.65.